The third kappa shape index (κ3) is 13.6. The zero-order chi connectivity index (χ0) is 44.5. The van der Waals surface area contributed by atoms with Gasteiger partial charge < -0.3 is 52.5 Å². The normalized spacial score (nSPS) is 25.6. The number of hydrogen-bond donors (Lipinski definition) is 1. The lowest BCUT2D eigenvalue weighted by Crippen LogP contribution is -2.64. The average molecular weight is 877 g/mol. The molecule has 0 spiro atoms. The number of carbonyl (C=O) groups excluding carboxylic acids is 2. The first-order valence-electron chi connectivity index (χ1n) is 21.5. The predicted molar refractivity (Wildman–Crippen MR) is 233 cm³/mol. The standard InChI is InChI=1S/C51H56O13/c1-35(52)55-33-43-45(62-36(2)53)47(58-30-39-22-12-5-13-23-39)49(60-32-41-26-16-7-17-27-41)51(64-43)61-34-42-44(56-28-37-18-8-3-9-19-37)46(57-29-38-20-10-4-11-21-38)48(50(54)63-42)59-31-40-24-14-6-15-25-40/h3-27,42-51,54H,28-34H2,1-2H3/t42-,43-,44-,45-,46+,47+,48-,49-,50+,51-/m1/s1. The van der Waals surface area contributed by atoms with Crippen molar-refractivity contribution in [3.8, 4) is 0 Å². The Bertz CT molecular complexity index is 2110. The van der Waals surface area contributed by atoms with Gasteiger partial charge in [-0.25, -0.2) is 0 Å². The van der Waals surface area contributed by atoms with Gasteiger partial charge in [0.1, 0.15) is 49.3 Å². The molecule has 1 N–H and O–H groups in total. The molecule has 2 heterocycles. The molecule has 10 atom stereocenters. The average Bonchev–Trinajstić information content (AvgIpc) is 3.32. The van der Waals surface area contributed by atoms with Crippen molar-refractivity contribution >= 4 is 11.9 Å². The second-order valence-electron chi connectivity index (χ2n) is 15.6. The number of esters is 2. The van der Waals surface area contributed by atoms with Crippen molar-refractivity contribution in [1.29, 1.82) is 0 Å². The summed E-state index contributed by atoms with van der Waals surface area (Å²) < 4.78 is 64.0. The zero-order valence-corrected chi connectivity index (χ0v) is 36.0. The van der Waals surface area contributed by atoms with Crippen LogP contribution in [0.15, 0.2) is 152 Å². The summed E-state index contributed by atoms with van der Waals surface area (Å²) in [7, 11) is 0. The molecule has 2 fully saturated rings. The van der Waals surface area contributed by atoms with Crippen LogP contribution in [0, 0.1) is 0 Å². The Kier molecular flexibility index (Phi) is 17.6. The molecule has 5 aromatic carbocycles. The fraction of sp³-hybridized carbons (Fsp3) is 0.373. The number of aliphatic hydroxyl groups is 1. The number of carbonyl (C=O) groups is 2. The van der Waals surface area contributed by atoms with Crippen molar-refractivity contribution in [2.75, 3.05) is 13.2 Å². The molecular weight excluding hydrogens is 821 g/mol. The van der Waals surface area contributed by atoms with Crippen LogP contribution in [-0.4, -0.2) is 91.7 Å². The van der Waals surface area contributed by atoms with Gasteiger partial charge in [-0.2, -0.15) is 0 Å². The lowest BCUT2D eigenvalue weighted by molar-refractivity contribution is -0.345. The first-order chi connectivity index (χ1) is 31.3. The second-order valence-corrected chi connectivity index (χ2v) is 15.6. The minimum atomic E-state index is -1.46. The summed E-state index contributed by atoms with van der Waals surface area (Å²) in [5.41, 5.74) is 4.45. The molecule has 2 aliphatic heterocycles. The van der Waals surface area contributed by atoms with Crippen LogP contribution in [-0.2, 0) is 90.0 Å². The van der Waals surface area contributed by atoms with E-state index in [1.807, 2.05) is 152 Å². The highest BCUT2D eigenvalue weighted by atomic mass is 16.7. The Balaban J connectivity index is 1.20. The van der Waals surface area contributed by atoms with E-state index in [4.69, 9.17) is 47.4 Å². The lowest BCUT2D eigenvalue weighted by Gasteiger charge is -2.47. The Hall–Kier alpha value is -5.32. The van der Waals surface area contributed by atoms with E-state index in [1.54, 1.807) is 0 Å². The van der Waals surface area contributed by atoms with Crippen molar-refractivity contribution in [1.82, 2.24) is 0 Å². The van der Waals surface area contributed by atoms with Crippen LogP contribution in [0.3, 0.4) is 0 Å². The molecule has 2 saturated heterocycles. The molecule has 338 valence electrons. The summed E-state index contributed by atoms with van der Waals surface area (Å²) in [5.74, 6) is -1.15. The summed E-state index contributed by atoms with van der Waals surface area (Å²) in [6, 6.07) is 48.1. The largest absolute Gasteiger partial charge is 0.463 e. The highest BCUT2D eigenvalue weighted by molar-refractivity contribution is 5.66. The van der Waals surface area contributed by atoms with E-state index in [-0.39, 0.29) is 46.2 Å². The van der Waals surface area contributed by atoms with E-state index in [1.165, 1.54) is 13.8 Å². The van der Waals surface area contributed by atoms with Crippen molar-refractivity contribution in [2.24, 2.45) is 0 Å². The number of rotatable bonds is 21. The molecule has 5 aromatic rings. The summed E-state index contributed by atoms with van der Waals surface area (Å²) in [5, 5.41) is 11.8. The summed E-state index contributed by atoms with van der Waals surface area (Å²) >= 11 is 0. The maximum atomic E-state index is 12.7. The lowest BCUT2D eigenvalue weighted by atomic mass is 9.97. The first kappa shape index (κ1) is 46.7. The van der Waals surface area contributed by atoms with Crippen LogP contribution in [0.2, 0.25) is 0 Å². The maximum Gasteiger partial charge on any atom is 0.303 e. The molecule has 0 radical (unpaired) electrons. The van der Waals surface area contributed by atoms with Crippen LogP contribution in [0.25, 0.3) is 0 Å². The van der Waals surface area contributed by atoms with Crippen molar-refractivity contribution in [2.45, 2.75) is 108 Å². The fourth-order valence-corrected chi connectivity index (χ4v) is 7.67. The number of benzene rings is 5. The maximum absolute atomic E-state index is 12.7. The molecule has 13 heteroatoms. The van der Waals surface area contributed by atoms with Gasteiger partial charge in [0.2, 0.25) is 0 Å². The van der Waals surface area contributed by atoms with Gasteiger partial charge >= 0.3 is 11.9 Å². The smallest absolute Gasteiger partial charge is 0.303 e. The van der Waals surface area contributed by atoms with Crippen molar-refractivity contribution < 1.29 is 62.1 Å². The number of aliphatic hydroxyl groups excluding tert-OH is 1. The summed E-state index contributed by atoms with van der Waals surface area (Å²) in [6.45, 7) is 2.89. The number of hydrogen-bond acceptors (Lipinski definition) is 13. The molecule has 0 unspecified atom stereocenters. The van der Waals surface area contributed by atoms with Gasteiger partial charge in [-0.3, -0.25) is 9.59 Å². The van der Waals surface area contributed by atoms with Gasteiger partial charge in [-0.05, 0) is 27.8 Å². The highest BCUT2D eigenvalue weighted by Crippen LogP contribution is 2.34. The molecule has 2 aliphatic rings. The van der Waals surface area contributed by atoms with Gasteiger partial charge in [0.25, 0.3) is 0 Å². The molecule has 0 aromatic heterocycles. The number of ether oxygens (including phenoxy) is 10. The molecule has 0 saturated carbocycles. The minimum absolute atomic E-state index is 0.124. The molecule has 7 rings (SSSR count). The molecular formula is C51H56O13. The van der Waals surface area contributed by atoms with Gasteiger partial charge in [0.05, 0.1) is 39.6 Å². The molecule has 64 heavy (non-hydrogen) atoms. The van der Waals surface area contributed by atoms with Gasteiger partial charge in [0.15, 0.2) is 18.7 Å². The molecule has 13 nitrogen and oxygen atoms in total. The highest BCUT2D eigenvalue weighted by Gasteiger charge is 2.52. The van der Waals surface area contributed by atoms with Crippen LogP contribution >= 0.6 is 0 Å². The summed E-state index contributed by atoms with van der Waals surface area (Å²) in [4.78, 5) is 24.8. The third-order valence-corrected chi connectivity index (χ3v) is 10.8. The van der Waals surface area contributed by atoms with E-state index in [9.17, 15) is 14.7 Å². The van der Waals surface area contributed by atoms with E-state index >= 15 is 0 Å². The molecule has 0 amide bonds. The predicted octanol–water partition coefficient (Wildman–Crippen LogP) is 6.87. The Labute approximate surface area is 374 Å². The van der Waals surface area contributed by atoms with Gasteiger partial charge in [0, 0.05) is 13.8 Å². The zero-order valence-electron chi connectivity index (χ0n) is 36.0. The SMILES string of the molecule is CC(=O)OC[C@H]1O[C@@H](OC[C@H]2O[C@H](O)[C@H](OCc3ccccc3)[C@@H](OCc3ccccc3)[C@@H]2OCc2ccccc2)[C@H](OCc2ccccc2)[C@@H](OCc2ccccc2)[C@@H]1OC(C)=O. The van der Waals surface area contributed by atoms with Gasteiger partial charge in [-0.1, -0.05) is 152 Å². The Morgan fingerprint density at radius 2 is 0.781 bits per heavy atom. The van der Waals surface area contributed by atoms with E-state index in [0.29, 0.717) is 0 Å². The topological polar surface area (TPSA) is 147 Å². The molecule has 0 aliphatic carbocycles. The second kappa shape index (κ2) is 24.1. The van der Waals surface area contributed by atoms with E-state index in [0.717, 1.165) is 27.8 Å². The van der Waals surface area contributed by atoms with Crippen molar-refractivity contribution in [3.05, 3.63) is 179 Å². The first-order valence-corrected chi connectivity index (χ1v) is 21.5. The Morgan fingerprint density at radius 1 is 0.422 bits per heavy atom. The van der Waals surface area contributed by atoms with Gasteiger partial charge in [-0.15, -0.1) is 0 Å². The van der Waals surface area contributed by atoms with Crippen LogP contribution < -0.4 is 0 Å². The van der Waals surface area contributed by atoms with Crippen LogP contribution in [0.1, 0.15) is 41.7 Å². The quantitative estimate of drug-likeness (QED) is 0.0767. The van der Waals surface area contributed by atoms with Crippen LogP contribution in [0.5, 0.6) is 0 Å². The Morgan fingerprint density at radius 3 is 1.19 bits per heavy atom. The van der Waals surface area contributed by atoms with Crippen molar-refractivity contribution in [3.63, 3.8) is 0 Å². The van der Waals surface area contributed by atoms with E-state index < -0.39 is 73.4 Å². The summed E-state index contributed by atoms with van der Waals surface area (Å²) in [6.07, 6.45) is -10.4. The monoisotopic (exact) mass is 876 g/mol. The minimum Gasteiger partial charge on any atom is -0.463 e. The molecule has 0 bridgehead atoms. The fourth-order valence-electron chi connectivity index (χ4n) is 7.67. The van der Waals surface area contributed by atoms with E-state index in [2.05, 4.69) is 0 Å². The third-order valence-electron chi connectivity index (χ3n) is 10.8. The van der Waals surface area contributed by atoms with Crippen LogP contribution in [0.4, 0.5) is 0 Å².